The molecule has 0 unspecified atom stereocenters. The molecule has 1 fully saturated rings. The Morgan fingerprint density at radius 1 is 0.891 bits per heavy atom. The molecular formula is C36H47NO8Si. The lowest BCUT2D eigenvalue weighted by Crippen LogP contribution is -2.65. The number of likely N-dealkylation sites (tertiary alicyclic amines) is 1. The Hall–Kier alpha value is -3.76. The summed E-state index contributed by atoms with van der Waals surface area (Å²) in [6.45, 7) is 9.53. The van der Waals surface area contributed by atoms with Crippen LogP contribution < -0.4 is 9.47 Å². The molecule has 2 aromatic rings. The fourth-order valence-electron chi connectivity index (χ4n) is 7.20. The van der Waals surface area contributed by atoms with Gasteiger partial charge in [0.05, 0.1) is 33.5 Å². The highest BCUT2D eigenvalue weighted by Gasteiger charge is 2.75. The van der Waals surface area contributed by atoms with Crippen LogP contribution in [-0.4, -0.2) is 64.2 Å². The number of carbonyl (C=O) groups is 2. The molecule has 2 heterocycles. The summed E-state index contributed by atoms with van der Waals surface area (Å²) in [5.74, 6) is 2.01. The summed E-state index contributed by atoms with van der Waals surface area (Å²) in [6.07, 6.45) is 5.41. The van der Waals surface area contributed by atoms with Crippen molar-refractivity contribution < 1.29 is 37.7 Å². The highest BCUT2D eigenvalue weighted by atomic mass is 28.4. The number of hydrogen-bond donors (Lipinski definition) is 0. The first-order valence-corrected chi connectivity index (χ1v) is 19.4. The lowest BCUT2D eigenvalue weighted by Gasteiger charge is -2.50. The molecule has 3 atom stereocenters. The van der Waals surface area contributed by atoms with E-state index < -0.39 is 25.4 Å². The SMILES string of the molecule is COC1=C(C)C(=O)O[C@@]12C(O[Si](C)(C)C)=C[C@@H](CCCCOCc1ccc(OC)cc1)[C@@]21CCC(=O)N1Cc1ccc(OC)cc1. The molecule has 5 rings (SSSR count). The molecular weight excluding hydrogens is 602 g/mol. The van der Waals surface area contributed by atoms with Crippen LogP contribution >= 0.6 is 0 Å². The molecule has 2 spiro atoms. The Kier molecular flexibility index (Phi) is 9.88. The van der Waals surface area contributed by atoms with Crippen molar-refractivity contribution in [3.8, 4) is 11.5 Å². The van der Waals surface area contributed by atoms with Crippen LogP contribution in [-0.2, 0) is 41.4 Å². The van der Waals surface area contributed by atoms with E-state index in [1.807, 2.05) is 53.4 Å². The third-order valence-electron chi connectivity index (χ3n) is 9.24. The molecule has 0 bridgehead atoms. The van der Waals surface area contributed by atoms with E-state index in [-0.39, 0.29) is 11.8 Å². The number of rotatable bonds is 14. The van der Waals surface area contributed by atoms with Gasteiger partial charge >= 0.3 is 5.97 Å². The molecule has 46 heavy (non-hydrogen) atoms. The van der Waals surface area contributed by atoms with Crippen molar-refractivity contribution in [3.63, 3.8) is 0 Å². The maximum atomic E-state index is 13.9. The van der Waals surface area contributed by atoms with Crippen molar-refractivity contribution in [2.45, 2.75) is 83.0 Å². The molecule has 10 heteroatoms. The van der Waals surface area contributed by atoms with Crippen LogP contribution in [0.3, 0.4) is 0 Å². The second kappa shape index (κ2) is 13.5. The predicted octanol–water partition coefficient (Wildman–Crippen LogP) is 6.53. The number of esters is 1. The fraction of sp³-hybridized carbons (Fsp3) is 0.500. The van der Waals surface area contributed by atoms with Crippen molar-refractivity contribution in [1.29, 1.82) is 0 Å². The van der Waals surface area contributed by atoms with E-state index >= 15 is 0 Å². The van der Waals surface area contributed by atoms with Crippen molar-refractivity contribution in [3.05, 3.63) is 82.8 Å². The first-order chi connectivity index (χ1) is 22.0. The smallest absolute Gasteiger partial charge is 0.338 e. The van der Waals surface area contributed by atoms with Crippen LogP contribution in [0.2, 0.25) is 19.6 Å². The van der Waals surface area contributed by atoms with Gasteiger partial charge in [0.25, 0.3) is 0 Å². The predicted molar refractivity (Wildman–Crippen MR) is 177 cm³/mol. The Bertz CT molecular complexity index is 1480. The summed E-state index contributed by atoms with van der Waals surface area (Å²) in [4.78, 5) is 29.2. The molecule has 0 radical (unpaired) electrons. The highest BCUT2D eigenvalue weighted by molar-refractivity contribution is 6.70. The highest BCUT2D eigenvalue weighted by Crippen LogP contribution is 2.62. The normalized spacial score (nSPS) is 24.2. The summed E-state index contributed by atoms with van der Waals surface area (Å²) in [6, 6.07) is 15.6. The number of ether oxygens (including phenoxy) is 5. The van der Waals surface area contributed by atoms with E-state index in [9.17, 15) is 9.59 Å². The van der Waals surface area contributed by atoms with Gasteiger partial charge in [-0.15, -0.1) is 0 Å². The fourth-order valence-corrected chi connectivity index (χ4v) is 8.07. The van der Waals surface area contributed by atoms with Gasteiger partial charge in [-0.05, 0) is 87.3 Å². The zero-order valence-corrected chi connectivity index (χ0v) is 29.1. The van der Waals surface area contributed by atoms with E-state index in [2.05, 4.69) is 25.7 Å². The largest absolute Gasteiger partial charge is 0.544 e. The van der Waals surface area contributed by atoms with Gasteiger partial charge in [-0.25, -0.2) is 4.79 Å². The van der Waals surface area contributed by atoms with E-state index in [0.717, 1.165) is 41.9 Å². The van der Waals surface area contributed by atoms with Crippen LogP contribution in [0.1, 0.15) is 50.2 Å². The molecule has 1 aliphatic carbocycles. The van der Waals surface area contributed by atoms with Gasteiger partial charge < -0.3 is 33.0 Å². The number of hydrogen-bond acceptors (Lipinski definition) is 8. The maximum Gasteiger partial charge on any atom is 0.338 e. The Balaban J connectivity index is 1.45. The Morgan fingerprint density at radius 3 is 2.11 bits per heavy atom. The van der Waals surface area contributed by atoms with E-state index in [1.165, 1.54) is 0 Å². The molecule has 1 saturated heterocycles. The molecule has 0 aromatic heterocycles. The number of nitrogens with zero attached hydrogens (tertiary/aromatic N) is 1. The van der Waals surface area contributed by atoms with Crippen LogP contribution in [0.25, 0.3) is 0 Å². The standard InChI is InChI=1S/C36H47NO8Si/c1-25-33(42-4)36(44-34(25)39)31(45-46(5,6)7)22-28(10-8-9-21-43-24-27-13-17-30(41-3)18-14-27)35(36)20-19-32(38)37(35)23-26-11-15-29(40-2)16-12-26/h11-18,22,28H,8-10,19-21,23-24H2,1-7H3/t28-,35+,36+/m1/s1. The summed E-state index contributed by atoms with van der Waals surface area (Å²) in [5.41, 5.74) is 0.173. The van der Waals surface area contributed by atoms with Gasteiger partial charge in [0.15, 0.2) is 5.76 Å². The minimum Gasteiger partial charge on any atom is -0.544 e. The zero-order valence-electron chi connectivity index (χ0n) is 28.1. The van der Waals surface area contributed by atoms with Gasteiger partial charge in [-0.1, -0.05) is 30.7 Å². The number of methoxy groups -OCH3 is 3. The molecule has 248 valence electrons. The topological polar surface area (TPSA) is 92.8 Å². The zero-order chi connectivity index (χ0) is 33.1. The first-order valence-electron chi connectivity index (χ1n) is 16.0. The van der Waals surface area contributed by atoms with Crippen molar-refractivity contribution in [2.24, 2.45) is 5.92 Å². The molecule has 0 saturated carbocycles. The molecule has 0 N–H and O–H groups in total. The van der Waals surface area contributed by atoms with Crippen LogP contribution in [0, 0.1) is 5.92 Å². The quantitative estimate of drug-likeness (QED) is 0.130. The van der Waals surface area contributed by atoms with Crippen LogP contribution in [0.4, 0.5) is 0 Å². The summed E-state index contributed by atoms with van der Waals surface area (Å²) in [7, 11) is 2.66. The number of unbranched alkanes of at least 4 members (excludes halogenated alkanes) is 1. The van der Waals surface area contributed by atoms with Gasteiger partial charge in [0, 0.05) is 25.5 Å². The average molecular weight is 650 g/mol. The summed E-state index contributed by atoms with van der Waals surface area (Å²) < 4.78 is 35.9. The molecule has 2 aromatic carbocycles. The number of benzene rings is 2. The minimum absolute atomic E-state index is 0.0155. The molecule has 3 aliphatic rings. The van der Waals surface area contributed by atoms with E-state index in [1.54, 1.807) is 28.3 Å². The van der Waals surface area contributed by atoms with Gasteiger partial charge in [0.2, 0.25) is 19.8 Å². The Morgan fingerprint density at radius 2 is 1.52 bits per heavy atom. The first kappa shape index (κ1) is 33.6. The molecule has 9 nitrogen and oxygen atoms in total. The van der Waals surface area contributed by atoms with E-state index in [0.29, 0.717) is 49.7 Å². The van der Waals surface area contributed by atoms with Crippen molar-refractivity contribution >= 4 is 20.2 Å². The molecule has 1 amide bonds. The van der Waals surface area contributed by atoms with Crippen LogP contribution in [0.15, 0.2) is 71.7 Å². The number of fused-ring (bicyclic) bond motifs is 1. The second-order valence-corrected chi connectivity index (χ2v) is 17.7. The third-order valence-corrected chi connectivity index (χ3v) is 10.1. The second-order valence-electron chi connectivity index (χ2n) is 13.2. The monoisotopic (exact) mass is 649 g/mol. The van der Waals surface area contributed by atoms with Gasteiger partial charge in [-0.3, -0.25) is 4.79 Å². The van der Waals surface area contributed by atoms with Gasteiger partial charge in [0.1, 0.15) is 22.8 Å². The van der Waals surface area contributed by atoms with Crippen molar-refractivity contribution in [1.82, 2.24) is 4.90 Å². The van der Waals surface area contributed by atoms with Crippen molar-refractivity contribution in [2.75, 3.05) is 27.9 Å². The molecule has 2 aliphatic heterocycles. The minimum atomic E-state index is -2.19. The lowest BCUT2D eigenvalue weighted by atomic mass is 9.70. The number of carbonyl (C=O) groups excluding carboxylic acids is 2. The van der Waals surface area contributed by atoms with Gasteiger partial charge in [-0.2, -0.15) is 0 Å². The maximum absolute atomic E-state index is 13.9. The third kappa shape index (κ3) is 6.17. The Labute approximate surface area is 273 Å². The van der Waals surface area contributed by atoms with Crippen LogP contribution in [0.5, 0.6) is 11.5 Å². The number of amides is 1. The summed E-state index contributed by atoms with van der Waals surface area (Å²) in [5, 5.41) is 0. The lowest BCUT2D eigenvalue weighted by molar-refractivity contribution is -0.168. The average Bonchev–Trinajstić information content (AvgIpc) is 3.59. The summed E-state index contributed by atoms with van der Waals surface area (Å²) >= 11 is 0. The van der Waals surface area contributed by atoms with E-state index in [4.69, 9.17) is 28.1 Å².